The Hall–Kier alpha value is -1.75. The summed E-state index contributed by atoms with van der Waals surface area (Å²) in [6.45, 7) is 6.79. The molecule has 5 nitrogen and oxygen atoms in total. The van der Waals surface area contributed by atoms with E-state index in [1.54, 1.807) is 14.0 Å². The lowest BCUT2D eigenvalue weighted by Gasteiger charge is -2.19. The van der Waals surface area contributed by atoms with E-state index in [9.17, 15) is 9.90 Å². The predicted octanol–water partition coefficient (Wildman–Crippen LogP) is 1.70. The Morgan fingerprint density at radius 2 is 2.00 bits per heavy atom. The van der Waals surface area contributed by atoms with Crippen LogP contribution in [0.4, 0.5) is 4.79 Å². The Labute approximate surface area is 120 Å². The average Bonchev–Trinajstić information content (AvgIpc) is 2.36. The van der Waals surface area contributed by atoms with Crippen molar-refractivity contribution in [2.45, 2.75) is 26.9 Å². The fraction of sp³-hybridized carbons (Fsp3) is 0.533. The van der Waals surface area contributed by atoms with E-state index in [2.05, 4.69) is 5.32 Å². The molecule has 1 rings (SSSR count). The number of rotatable bonds is 6. The molecule has 0 saturated heterocycles. The highest BCUT2D eigenvalue weighted by Gasteiger charge is 2.10. The number of para-hydroxylation sites is 1. The highest BCUT2D eigenvalue weighted by molar-refractivity contribution is 5.73. The van der Waals surface area contributed by atoms with Gasteiger partial charge in [0.25, 0.3) is 0 Å². The number of ether oxygens (including phenoxy) is 1. The van der Waals surface area contributed by atoms with Gasteiger partial charge in [-0.2, -0.15) is 0 Å². The van der Waals surface area contributed by atoms with Crippen LogP contribution in [-0.4, -0.2) is 48.9 Å². The minimum Gasteiger partial charge on any atom is -0.491 e. The van der Waals surface area contributed by atoms with Crippen LogP contribution in [0.5, 0.6) is 5.75 Å². The number of aliphatic hydroxyl groups is 1. The highest BCUT2D eigenvalue weighted by atomic mass is 16.5. The quantitative estimate of drug-likeness (QED) is 0.780. The zero-order chi connectivity index (χ0) is 15.1. The monoisotopic (exact) mass is 280 g/mol. The maximum Gasteiger partial charge on any atom is 0.317 e. The third-order valence-corrected chi connectivity index (χ3v) is 2.92. The second-order valence-electron chi connectivity index (χ2n) is 5.03. The molecule has 1 aromatic rings. The van der Waals surface area contributed by atoms with Gasteiger partial charge in [0.1, 0.15) is 12.4 Å². The standard InChI is InChI=1S/C15H24N2O3/c1-11-6-5-7-12(2)14(11)20-9-8-16-15(19)17(4)10-13(3)18/h5-7,13,18H,8-10H2,1-4H3,(H,16,19). The van der Waals surface area contributed by atoms with Crippen molar-refractivity contribution < 1.29 is 14.6 Å². The molecular formula is C15H24N2O3. The molecule has 5 heteroatoms. The molecule has 0 aliphatic carbocycles. The first-order chi connectivity index (χ1) is 9.41. The van der Waals surface area contributed by atoms with Crippen molar-refractivity contribution in [3.05, 3.63) is 29.3 Å². The Kier molecular flexibility index (Phi) is 6.31. The summed E-state index contributed by atoms with van der Waals surface area (Å²) in [5.41, 5.74) is 2.17. The van der Waals surface area contributed by atoms with Crippen LogP contribution in [0.3, 0.4) is 0 Å². The number of benzene rings is 1. The van der Waals surface area contributed by atoms with Gasteiger partial charge in [0.2, 0.25) is 0 Å². The molecule has 112 valence electrons. The molecule has 1 aromatic carbocycles. The summed E-state index contributed by atoms with van der Waals surface area (Å²) in [6.07, 6.45) is -0.531. The largest absolute Gasteiger partial charge is 0.491 e. The first-order valence-electron chi connectivity index (χ1n) is 6.78. The molecule has 1 unspecified atom stereocenters. The summed E-state index contributed by atoms with van der Waals surface area (Å²) < 4.78 is 5.70. The van der Waals surface area contributed by atoms with Crippen LogP contribution in [0.1, 0.15) is 18.1 Å². The van der Waals surface area contributed by atoms with Crippen LogP contribution in [0.25, 0.3) is 0 Å². The van der Waals surface area contributed by atoms with Crippen molar-refractivity contribution in [2.24, 2.45) is 0 Å². The van der Waals surface area contributed by atoms with E-state index in [4.69, 9.17) is 4.74 Å². The lowest BCUT2D eigenvalue weighted by Crippen LogP contribution is -2.42. The van der Waals surface area contributed by atoms with Gasteiger partial charge in [0.15, 0.2) is 0 Å². The summed E-state index contributed by atoms with van der Waals surface area (Å²) in [5.74, 6) is 0.874. The summed E-state index contributed by atoms with van der Waals surface area (Å²) in [5, 5.41) is 12.0. The number of amides is 2. The molecule has 0 aliphatic rings. The molecule has 0 fully saturated rings. The SMILES string of the molecule is Cc1cccc(C)c1OCCNC(=O)N(C)CC(C)O. The van der Waals surface area contributed by atoms with Crippen LogP contribution >= 0.6 is 0 Å². The topological polar surface area (TPSA) is 61.8 Å². The van der Waals surface area contributed by atoms with E-state index in [0.29, 0.717) is 19.7 Å². The van der Waals surface area contributed by atoms with Crippen molar-refractivity contribution in [3.8, 4) is 5.75 Å². The van der Waals surface area contributed by atoms with Crippen molar-refractivity contribution in [3.63, 3.8) is 0 Å². The molecule has 0 bridgehead atoms. The smallest absolute Gasteiger partial charge is 0.317 e. The lowest BCUT2D eigenvalue weighted by molar-refractivity contribution is 0.143. The molecular weight excluding hydrogens is 256 g/mol. The summed E-state index contributed by atoms with van der Waals surface area (Å²) in [7, 11) is 1.65. The third-order valence-electron chi connectivity index (χ3n) is 2.92. The van der Waals surface area contributed by atoms with E-state index in [-0.39, 0.29) is 6.03 Å². The average molecular weight is 280 g/mol. The summed E-state index contributed by atoms with van der Waals surface area (Å²) >= 11 is 0. The van der Waals surface area contributed by atoms with Gasteiger partial charge >= 0.3 is 6.03 Å². The molecule has 1 atom stereocenters. The molecule has 0 aliphatic heterocycles. The number of carbonyl (C=O) groups excluding carboxylic acids is 1. The zero-order valence-corrected chi connectivity index (χ0v) is 12.6. The molecule has 0 spiro atoms. The number of likely N-dealkylation sites (N-methyl/N-ethyl adjacent to an activating group) is 1. The number of nitrogens with one attached hydrogen (secondary N) is 1. The summed E-state index contributed by atoms with van der Waals surface area (Å²) in [6, 6.07) is 5.77. The molecule has 0 aromatic heterocycles. The number of urea groups is 1. The minimum atomic E-state index is -0.531. The molecule has 20 heavy (non-hydrogen) atoms. The van der Waals surface area contributed by atoms with Gasteiger partial charge in [-0.05, 0) is 31.9 Å². The molecule has 0 radical (unpaired) electrons. The Balaban J connectivity index is 2.33. The highest BCUT2D eigenvalue weighted by Crippen LogP contribution is 2.21. The van der Waals surface area contributed by atoms with E-state index < -0.39 is 6.10 Å². The fourth-order valence-corrected chi connectivity index (χ4v) is 1.95. The van der Waals surface area contributed by atoms with E-state index in [0.717, 1.165) is 16.9 Å². The van der Waals surface area contributed by atoms with Gasteiger partial charge in [-0.1, -0.05) is 18.2 Å². The third kappa shape index (κ3) is 5.09. The van der Waals surface area contributed by atoms with Gasteiger partial charge in [0.05, 0.1) is 12.6 Å². The number of hydrogen-bond donors (Lipinski definition) is 2. The molecule has 2 amide bonds. The first-order valence-corrected chi connectivity index (χ1v) is 6.78. The Bertz CT molecular complexity index is 426. The fourth-order valence-electron chi connectivity index (χ4n) is 1.95. The minimum absolute atomic E-state index is 0.212. The van der Waals surface area contributed by atoms with Gasteiger partial charge in [0, 0.05) is 13.6 Å². The molecule has 0 saturated carbocycles. The van der Waals surface area contributed by atoms with Crippen molar-refractivity contribution in [1.82, 2.24) is 10.2 Å². The van der Waals surface area contributed by atoms with Crippen molar-refractivity contribution >= 4 is 6.03 Å². The zero-order valence-electron chi connectivity index (χ0n) is 12.6. The number of aryl methyl sites for hydroxylation is 2. The van der Waals surface area contributed by atoms with Crippen molar-refractivity contribution in [1.29, 1.82) is 0 Å². The second kappa shape index (κ2) is 7.75. The number of nitrogens with zero attached hydrogens (tertiary/aromatic N) is 1. The van der Waals surface area contributed by atoms with Crippen LogP contribution in [0.2, 0.25) is 0 Å². The van der Waals surface area contributed by atoms with Gasteiger partial charge in [-0.25, -0.2) is 4.79 Å². The molecule has 0 heterocycles. The maximum atomic E-state index is 11.7. The normalized spacial score (nSPS) is 11.8. The lowest BCUT2D eigenvalue weighted by atomic mass is 10.1. The van der Waals surface area contributed by atoms with Crippen LogP contribution < -0.4 is 10.1 Å². The van der Waals surface area contributed by atoms with Gasteiger partial charge < -0.3 is 20.1 Å². The summed E-state index contributed by atoms with van der Waals surface area (Å²) in [4.78, 5) is 13.1. The van der Waals surface area contributed by atoms with Crippen LogP contribution in [0, 0.1) is 13.8 Å². The predicted molar refractivity (Wildman–Crippen MR) is 79.1 cm³/mol. The van der Waals surface area contributed by atoms with Gasteiger partial charge in [-0.15, -0.1) is 0 Å². The number of aliphatic hydroxyl groups excluding tert-OH is 1. The number of carbonyl (C=O) groups is 1. The Morgan fingerprint density at radius 1 is 1.40 bits per heavy atom. The van der Waals surface area contributed by atoms with E-state index >= 15 is 0 Å². The first kappa shape index (κ1) is 16.3. The van der Waals surface area contributed by atoms with Crippen molar-refractivity contribution in [2.75, 3.05) is 26.7 Å². The van der Waals surface area contributed by atoms with E-state index in [1.807, 2.05) is 32.0 Å². The molecule has 2 N–H and O–H groups in total. The van der Waals surface area contributed by atoms with E-state index in [1.165, 1.54) is 4.90 Å². The maximum absolute atomic E-state index is 11.7. The van der Waals surface area contributed by atoms with Crippen LogP contribution in [0.15, 0.2) is 18.2 Å². The Morgan fingerprint density at radius 3 is 2.55 bits per heavy atom. The van der Waals surface area contributed by atoms with Crippen LogP contribution in [-0.2, 0) is 0 Å². The van der Waals surface area contributed by atoms with Gasteiger partial charge in [-0.3, -0.25) is 0 Å². The second-order valence-corrected chi connectivity index (χ2v) is 5.03. The number of hydrogen-bond acceptors (Lipinski definition) is 3.